The van der Waals surface area contributed by atoms with E-state index in [0.717, 1.165) is 17.1 Å². The lowest BCUT2D eigenvalue weighted by atomic mass is 9.67. The van der Waals surface area contributed by atoms with Crippen LogP contribution in [-0.2, 0) is 5.41 Å². The van der Waals surface area contributed by atoms with Gasteiger partial charge < -0.3 is 4.90 Å². The van der Waals surface area contributed by atoms with Crippen LogP contribution in [0.15, 0.2) is 224 Å². The van der Waals surface area contributed by atoms with Gasteiger partial charge in [0.1, 0.15) is 0 Å². The van der Waals surface area contributed by atoms with Crippen molar-refractivity contribution in [1.82, 2.24) is 0 Å². The highest BCUT2D eigenvalue weighted by atomic mass is 15.1. The molecule has 0 heterocycles. The van der Waals surface area contributed by atoms with E-state index >= 15 is 0 Å². The second-order valence-electron chi connectivity index (χ2n) is 14.1. The summed E-state index contributed by atoms with van der Waals surface area (Å²) in [5.41, 5.74) is 15.3. The van der Waals surface area contributed by atoms with Crippen LogP contribution in [0, 0.1) is 0 Å². The van der Waals surface area contributed by atoms with E-state index in [-0.39, 0.29) is 0 Å². The molecule has 0 bridgehead atoms. The van der Waals surface area contributed by atoms with Crippen molar-refractivity contribution >= 4 is 27.8 Å². The molecular weight excluding hydrogens is 651 g/mol. The number of anilines is 3. The first-order valence-corrected chi connectivity index (χ1v) is 18.7. The van der Waals surface area contributed by atoms with Gasteiger partial charge in [-0.2, -0.15) is 0 Å². The molecule has 9 aromatic rings. The fraction of sp³-hybridized carbons (Fsp3) is 0.0189. The third-order valence-corrected chi connectivity index (χ3v) is 11.1. The normalized spacial score (nSPS) is 12.6. The number of rotatable bonds is 7. The number of nitrogens with zero attached hydrogens (tertiary/aromatic N) is 1. The van der Waals surface area contributed by atoms with E-state index in [0.29, 0.717) is 0 Å². The second-order valence-corrected chi connectivity index (χ2v) is 14.1. The van der Waals surface area contributed by atoms with Crippen LogP contribution in [0.4, 0.5) is 17.1 Å². The Morgan fingerprint density at radius 3 is 1.24 bits per heavy atom. The Morgan fingerprint density at radius 1 is 0.315 bits per heavy atom. The summed E-state index contributed by atoms with van der Waals surface area (Å²) in [4.78, 5) is 2.45. The molecule has 54 heavy (non-hydrogen) atoms. The van der Waals surface area contributed by atoms with Gasteiger partial charge in [-0.05, 0) is 103 Å². The van der Waals surface area contributed by atoms with E-state index in [9.17, 15) is 0 Å². The van der Waals surface area contributed by atoms with Crippen LogP contribution in [-0.4, -0.2) is 0 Å². The SMILES string of the molecule is c1ccc(-c2ccc(N(c3ccc(-c4ccccc4)cc3)c3cccc4c3-c3cc5ccccc5cc3C4(c3ccccc3)c3ccccc3)cc2)cc1. The highest BCUT2D eigenvalue weighted by molar-refractivity contribution is 6.02. The molecule has 0 N–H and O–H groups in total. The molecule has 0 fully saturated rings. The molecule has 9 aromatic carbocycles. The van der Waals surface area contributed by atoms with E-state index in [1.807, 2.05) is 0 Å². The molecule has 254 valence electrons. The zero-order chi connectivity index (χ0) is 35.9. The van der Waals surface area contributed by atoms with Gasteiger partial charge >= 0.3 is 0 Å². The Kier molecular flexibility index (Phi) is 7.78. The van der Waals surface area contributed by atoms with Crippen LogP contribution in [0.1, 0.15) is 22.3 Å². The van der Waals surface area contributed by atoms with Gasteiger partial charge in [0.25, 0.3) is 0 Å². The first-order valence-electron chi connectivity index (χ1n) is 18.7. The molecular formula is C53H37N. The summed E-state index contributed by atoms with van der Waals surface area (Å²) in [7, 11) is 0. The van der Waals surface area contributed by atoms with Gasteiger partial charge in [-0.15, -0.1) is 0 Å². The van der Waals surface area contributed by atoms with Crippen molar-refractivity contribution in [3.05, 3.63) is 247 Å². The molecule has 0 radical (unpaired) electrons. The first-order chi connectivity index (χ1) is 26.8. The second kappa shape index (κ2) is 13.2. The van der Waals surface area contributed by atoms with Crippen LogP contribution in [0.3, 0.4) is 0 Å². The Morgan fingerprint density at radius 2 is 0.741 bits per heavy atom. The van der Waals surface area contributed by atoms with E-state index in [2.05, 4.69) is 229 Å². The van der Waals surface area contributed by atoms with Crippen molar-refractivity contribution in [2.75, 3.05) is 4.90 Å². The van der Waals surface area contributed by atoms with E-state index < -0.39 is 5.41 Å². The molecule has 0 unspecified atom stereocenters. The van der Waals surface area contributed by atoms with Gasteiger partial charge in [-0.25, -0.2) is 0 Å². The standard InChI is InChI=1S/C53H37N/c1-5-16-38(17-6-1)40-28-32-46(33-29-40)54(47-34-30-41(31-35-47)39-18-7-2-8-19-39)51-27-15-26-49-52(51)48-36-42-20-13-14-21-43(42)37-50(48)53(49,44-22-9-3-10-23-44)45-24-11-4-12-25-45/h1-37H. The number of hydrogen-bond donors (Lipinski definition) is 0. The lowest BCUT2D eigenvalue weighted by Gasteiger charge is -2.34. The minimum atomic E-state index is -0.521. The summed E-state index contributed by atoms with van der Waals surface area (Å²) in [5.74, 6) is 0. The van der Waals surface area contributed by atoms with Crippen molar-refractivity contribution in [3.8, 4) is 33.4 Å². The monoisotopic (exact) mass is 687 g/mol. The Bertz CT molecular complexity index is 2600. The molecule has 1 aliphatic rings. The van der Waals surface area contributed by atoms with Gasteiger partial charge in [-0.1, -0.05) is 182 Å². The summed E-state index contributed by atoms with van der Waals surface area (Å²) in [6.07, 6.45) is 0. The summed E-state index contributed by atoms with van der Waals surface area (Å²) in [6, 6.07) is 82.0. The Hall–Kier alpha value is -6.96. The van der Waals surface area contributed by atoms with Crippen molar-refractivity contribution in [1.29, 1.82) is 0 Å². The van der Waals surface area contributed by atoms with Crippen molar-refractivity contribution in [2.24, 2.45) is 0 Å². The minimum Gasteiger partial charge on any atom is -0.310 e. The summed E-state index contributed by atoms with van der Waals surface area (Å²) in [6.45, 7) is 0. The molecule has 1 heteroatoms. The smallest absolute Gasteiger partial charge is 0.0714 e. The Labute approximate surface area is 317 Å². The topological polar surface area (TPSA) is 3.24 Å². The quantitative estimate of drug-likeness (QED) is 0.161. The highest BCUT2D eigenvalue weighted by Crippen LogP contribution is 2.60. The van der Waals surface area contributed by atoms with Crippen LogP contribution < -0.4 is 4.90 Å². The van der Waals surface area contributed by atoms with Gasteiger partial charge in [-0.3, -0.25) is 0 Å². The first kappa shape index (κ1) is 31.7. The molecule has 1 aliphatic carbocycles. The molecule has 1 nitrogen and oxygen atoms in total. The molecule has 0 spiro atoms. The lowest BCUT2D eigenvalue weighted by molar-refractivity contribution is 0.769. The predicted molar refractivity (Wildman–Crippen MR) is 227 cm³/mol. The van der Waals surface area contributed by atoms with Crippen LogP contribution >= 0.6 is 0 Å². The molecule has 0 saturated heterocycles. The summed E-state index contributed by atoms with van der Waals surface area (Å²) >= 11 is 0. The number of fused-ring (bicyclic) bond motifs is 4. The Balaban J connectivity index is 1.26. The maximum Gasteiger partial charge on any atom is 0.0714 e. The summed E-state index contributed by atoms with van der Waals surface area (Å²) in [5, 5.41) is 2.48. The van der Waals surface area contributed by atoms with Crippen LogP contribution in [0.25, 0.3) is 44.2 Å². The zero-order valence-electron chi connectivity index (χ0n) is 29.8. The third-order valence-electron chi connectivity index (χ3n) is 11.1. The molecule has 0 aromatic heterocycles. The van der Waals surface area contributed by atoms with Gasteiger partial charge in [0, 0.05) is 16.9 Å². The zero-order valence-corrected chi connectivity index (χ0v) is 29.8. The average Bonchev–Trinajstić information content (AvgIpc) is 3.55. The molecule has 0 atom stereocenters. The van der Waals surface area contributed by atoms with E-state index in [4.69, 9.17) is 0 Å². The van der Waals surface area contributed by atoms with Crippen molar-refractivity contribution < 1.29 is 0 Å². The van der Waals surface area contributed by atoms with E-state index in [1.165, 1.54) is 66.4 Å². The summed E-state index contributed by atoms with van der Waals surface area (Å²) < 4.78 is 0. The lowest BCUT2D eigenvalue weighted by Crippen LogP contribution is -2.28. The van der Waals surface area contributed by atoms with Gasteiger partial charge in [0.05, 0.1) is 11.1 Å². The van der Waals surface area contributed by atoms with Crippen molar-refractivity contribution in [3.63, 3.8) is 0 Å². The van der Waals surface area contributed by atoms with Crippen molar-refractivity contribution in [2.45, 2.75) is 5.41 Å². The minimum absolute atomic E-state index is 0.521. The molecule has 10 rings (SSSR count). The predicted octanol–water partition coefficient (Wildman–Crippen LogP) is 14.0. The molecule has 0 saturated carbocycles. The van der Waals surface area contributed by atoms with Crippen LogP contribution in [0.5, 0.6) is 0 Å². The van der Waals surface area contributed by atoms with Gasteiger partial charge in [0.15, 0.2) is 0 Å². The third kappa shape index (κ3) is 5.17. The van der Waals surface area contributed by atoms with Gasteiger partial charge in [0.2, 0.25) is 0 Å². The maximum atomic E-state index is 2.45. The number of benzene rings is 9. The van der Waals surface area contributed by atoms with Crippen LogP contribution in [0.2, 0.25) is 0 Å². The fourth-order valence-electron chi connectivity index (χ4n) is 8.68. The largest absolute Gasteiger partial charge is 0.310 e. The number of hydrogen-bond acceptors (Lipinski definition) is 1. The highest BCUT2D eigenvalue weighted by Gasteiger charge is 2.47. The van der Waals surface area contributed by atoms with E-state index in [1.54, 1.807) is 0 Å². The maximum absolute atomic E-state index is 2.45. The fourth-order valence-corrected chi connectivity index (χ4v) is 8.68. The average molecular weight is 688 g/mol. The molecule has 0 amide bonds. The molecule has 0 aliphatic heterocycles.